The number of Topliss-reactive ketones (excluding diaryl/α,β-unsaturated/α-hetero) is 1. The molecule has 206 valence electrons. The van der Waals surface area contributed by atoms with Crippen LogP contribution in [-0.2, 0) is 17.8 Å². The molecule has 1 aliphatic rings. The van der Waals surface area contributed by atoms with Crippen molar-refractivity contribution >= 4 is 29.6 Å². The van der Waals surface area contributed by atoms with E-state index in [2.05, 4.69) is 38.2 Å². The molecule has 1 aliphatic heterocycles. The van der Waals surface area contributed by atoms with Crippen LogP contribution >= 0.6 is 11.6 Å². The van der Waals surface area contributed by atoms with E-state index in [1.54, 1.807) is 14.0 Å². The van der Waals surface area contributed by atoms with Crippen LogP contribution in [0.1, 0.15) is 99.7 Å². The highest BCUT2D eigenvalue weighted by Gasteiger charge is 2.40. The van der Waals surface area contributed by atoms with Gasteiger partial charge in [-0.25, -0.2) is 0 Å². The summed E-state index contributed by atoms with van der Waals surface area (Å²) in [7, 11) is 3.63. The van der Waals surface area contributed by atoms with Crippen LogP contribution in [0.5, 0.6) is 0 Å². The molecule has 7 nitrogen and oxygen atoms in total. The van der Waals surface area contributed by atoms with Crippen molar-refractivity contribution in [2.75, 3.05) is 14.1 Å². The lowest BCUT2D eigenvalue weighted by Gasteiger charge is -2.38. The van der Waals surface area contributed by atoms with E-state index < -0.39 is 5.54 Å². The summed E-state index contributed by atoms with van der Waals surface area (Å²) in [5, 5.41) is 8.24. The molecule has 1 aromatic heterocycles. The van der Waals surface area contributed by atoms with Gasteiger partial charge in [0.2, 0.25) is 0 Å². The molecule has 2 heterocycles. The van der Waals surface area contributed by atoms with Crippen LogP contribution < -0.4 is 5.32 Å². The average Bonchev–Trinajstić information content (AvgIpc) is 3.33. The molecule has 2 atom stereocenters. The Morgan fingerprint density at radius 3 is 2.38 bits per heavy atom. The van der Waals surface area contributed by atoms with Gasteiger partial charge in [-0.3, -0.25) is 14.3 Å². The molecular weight excluding hydrogens is 488 g/mol. The summed E-state index contributed by atoms with van der Waals surface area (Å²) in [5.74, 6) is -0.499. The molecule has 0 spiro atoms. The van der Waals surface area contributed by atoms with Crippen LogP contribution in [0.25, 0.3) is 0 Å². The number of carbonyl (C=O) groups excluding carboxylic acids is 3. The number of aryl methyl sites for hydroxylation is 1. The third-order valence-corrected chi connectivity index (χ3v) is 7.17. The van der Waals surface area contributed by atoms with Gasteiger partial charge in [0.15, 0.2) is 5.78 Å². The van der Waals surface area contributed by atoms with Gasteiger partial charge in [-0.2, -0.15) is 5.10 Å². The second kappa shape index (κ2) is 16.4. The number of carbonyl (C=O) groups is 3. The molecule has 2 aromatic rings. The number of aldehydes is 1. The number of benzene rings is 1. The van der Waals surface area contributed by atoms with Crippen LogP contribution in [0, 0.1) is 0 Å². The largest absolute Gasteiger partial charge is 0.326 e. The van der Waals surface area contributed by atoms with E-state index in [9.17, 15) is 14.4 Å². The van der Waals surface area contributed by atoms with Gasteiger partial charge in [-0.15, -0.1) is 0 Å². The van der Waals surface area contributed by atoms with Crippen LogP contribution in [0.3, 0.4) is 0 Å². The van der Waals surface area contributed by atoms with E-state index in [1.807, 2.05) is 24.3 Å². The van der Waals surface area contributed by atoms with Crippen molar-refractivity contribution in [3.8, 4) is 0 Å². The van der Waals surface area contributed by atoms with E-state index in [1.165, 1.54) is 66.7 Å². The third-order valence-electron chi connectivity index (χ3n) is 6.80. The Morgan fingerprint density at radius 2 is 1.89 bits per heavy atom. The van der Waals surface area contributed by atoms with Crippen LogP contribution in [0.4, 0.5) is 0 Å². The molecule has 3 rings (SSSR count). The van der Waals surface area contributed by atoms with Crippen molar-refractivity contribution in [2.24, 2.45) is 0 Å². The van der Waals surface area contributed by atoms with Crippen molar-refractivity contribution in [3.05, 3.63) is 52.3 Å². The summed E-state index contributed by atoms with van der Waals surface area (Å²) in [5.41, 5.74) is 0.901. The van der Waals surface area contributed by atoms with E-state index in [4.69, 9.17) is 11.6 Å². The predicted molar refractivity (Wildman–Crippen MR) is 152 cm³/mol. The molecule has 1 amide bonds. The molecule has 1 aromatic carbocycles. The fraction of sp³-hybridized carbons (Fsp3) is 0.586. The average molecular weight is 533 g/mol. The molecule has 0 saturated heterocycles. The molecule has 0 aliphatic carbocycles. The van der Waals surface area contributed by atoms with Crippen molar-refractivity contribution in [3.63, 3.8) is 0 Å². The van der Waals surface area contributed by atoms with E-state index in [0.29, 0.717) is 5.69 Å². The van der Waals surface area contributed by atoms with Crippen molar-refractivity contribution < 1.29 is 14.4 Å². The molecule has 2 unspecified atom stereocenters. The number of ketones is 1. The first-order chi connectivity index (χ1) is 17.6. The normalized spacial score (nSPS) is 17.1. The molecular formula is C29H45ClN4O3. The van der Waals surface area contributed by atoms with Gasteiger partial charge < -0.3 is 15.0 Å². The maximum Gasteiger partial charge on any atom is 0.272 e. The van der Waals surface area contributed by atoms with Gasteiger partial charge in [0, 0.05) is 31.1 Å². The topological polar surface area (TPSA) is 84.3 Å². The van der Waals surface area contributed by atoms with Gasteiger partial charge in [0.1, 0.15) is 23.2 Å². The second-order valence-electron chi connectivity index (χ2n) is 9.66. The van der Waals surface area contributed by atoms with Gasteiger partial charge in [-0.1, -0.05) is 76.3 Å². The summed E-state index contributed by atoms with van der Waals surface area (Å²) in [4.78, 5) is 35.7. The van der Waals surface area contributed by atoms with E-state index in [-0.39, 0.29) is 23.9 Å². The number of hydrogen-bond donors (Lipinski definition) is 1. The maximum absolute atomic E-state index is 12.0. The summed E-state index contributed by atoms with van der Waals surface area (Å²) in [6.07, 6.45) is 9.91. The van der Waals surface area contributed by atoms with E-state index >= 15 is 0 Å². The van der Waals surface area contributed by atoms with E-state index in [0.717, 1.165) is 23.8 Å². The highest BCUT2D eigenvalue weighted by Crippen LogP contribution is 2.24. The smallest absolute Gasteiger partial charge is 0.272 e. The zero-order valence-corrected chi connectivity index (χ0v) is 24.4. The molecule has 0 saturated carbocycles. The van der Waals surface area contributed by atoms with Gasteiger partial charge in [0.25, 0.3) is 5.91 Å². The number of unbranched alkanes of at least 4 members (excludes halogenated alkanes) is 3. The quantitative estimate of drug-likeness (QED) is 0.231. The summed E-state index contributed by atoms with van der Waals surface area (Å²) in [6, 6.07) is 10.1. The highest BCUT2D eigenvalue weighted by atomic mass is 35.5. The fourth-order valence-corrected chi connectivity index (χ4v) is 4.24. The highest BCUT2D eigenvalue weighted by molar-refractivity contribution is 6.31. The summed E-state index contributed by atoms with van der Waals surface area (Å²) >= 11 is 5.82. The molecule has 0 radical (unpaired) electrons. The van der Waals surface area contributed by atoms with Gasteiger partial charge in [0.05, 0.1) is 6.54 Å². The van der Waals surface area contributed by atoms with Crippen molar-refractivity contribution in [2.45, 2.75) is 97.7 Å². The molecule has 37 heavy (non-hydrogen) atoms. The van der Waals surface area contributed by atoms with Gasteiger partial charge in [-0.05, 0) is 44.9 Å². The predicted octanol–water partition coefficient (Wildman–Crippen LogP) is 5.99. The minimum atomic E-state index is -0.913. The first-order valence-corrected chi connectivity index (χ1v) is 13.7. The van der Waals surface area contributed by atoms with Gasteiger partial charge >= 0.3 is 0 Å². The molecule has 0 fully saturated rings. The lowest BCUT2D eigenvalue weighted by atomic mass is 9.99. The van der Waals surface area contributed by atoms with Crippen molar-refractivity contribution in [1.29, 1.82) is 0 Å². The number of likely N-dealkylation sites (N-methyl/N-ethyl adjacent to an activating group) is 1. The van der Waals surface area contributed by atoms with Crippen LogP contribution in [-0.4, -0.2) is 58.3 Å². The number of rotatable bonds is 10. The summed E-state index contributed by atoms with van der Waals surface area (Å²) in [6.45, 7) is 9.93. The first-order valence-electron chi connectivity index (χ1n) is 13.3. The number of hydrogen-bond acceptors (Lipinski definition) is 5. The Hall–Kier alpha value is -2.51. The van der Waals surface area contributed by atoms with Crippen LogP contribution in [0.15, 0.2) is 30.3 Å². The minimum absolute atomic E-state index is 0.199. The Labute approximate surface area is 227 Å². The zero-order valence-electron chi connectivity index (χ0n) is 23.6. The monoisotopic (exact) mass is 532 g/mol. The SMILES string of the molecule is CC(=O)c1cc2n(n1)CC(C)(C=O)N(C)C2=O.CCCCCCC(CC)NC.CCc1ccccc1Cl. The number of nitrogens with one attached hydrogen (secondary N) is 1. The Balaban J connectivity index is 0.000000297. The van der Waals surface area contributed by atoms with Crippen LogP contribution in [0.2, 0.25) is 5.02 Å². The second-order valence-corrected chi connectivity index (χ2v) is 10.1. The summed E-state index contributed by atoms with van der Waals surface area (Å²) < 4.78 is 1.42. The number of fused-ring (bicyclic) bond motifs is 1. The lowest BCUT2D eigenvalue weighted by Crippen LogP contribution is -2.55. The molecule has 0 bridgehead atoms. The van der Waals surface area contributed by atoms with Crippen molar-refractivity contribution in [1.82, 2.24) is 20.0 Å². The zero-order chi connectivity index (χ0) is 28.0. The Bertz CT molecular complexity index is 1000. The maximum atomic E-state index is 12.0. The Morgan fingerprint density at radius 1 is 1.22 bits per heavy atom. The third kappa shape index (κ3) is 9.71. The number of nitrogens with zero attached hydrogens (tertiary/aromatic N) is 3. The fourth-order valence-electron chi connectivity index (χ4n) is 3.97. The number of aromatic nitrogens is 2. The standard InChI is InChI=1S/C11H13N3O3.C10H23N.C8H9Cl/c1-7(16)8-4-9-10(17)13(3)11(2,6-15)5-14(9)12-8;1-4-6-7-8-9-10(5-2)11-3;1-2-7-5-3-4-6-8(7)9/h4,6H,5H2,1-3H3;10-11H,4-9H2,1-3H3;3-6H,2H2,1H3. The number of amides is 1. The minimum Gasteiger partial charge on any atom is -0.326 e. The Kier molecular flexibility index (Phi) is 14.4. The first kappa shape index (κ1) is 32.5. The number of halogens is 1. The molecule has 8 heteroatoms. The molecule has 1 N–H and O–H groups in total. The lowest BCUT2D eigenvalue weighted by molar-refractivity contribution is -0.117.